The van der Waals surface area contributed by atoms with Crippen LogP contribution in [0.15, 0.2) is 0 Å². The maximum atomic E-state index is 8.89. The van der Waals surface area contributed by atoms with E-state index in [1.54, 1.807) is 0 Å². The summed E-state index contributed by atoms with van der Waals surface area (Å²) in [4.78, 5) is 0. The summed E-state index contributed by atoms with van der Waals surface area (Å²) < 4.78 is 0. The summed E-state index contributed by atoms with van der Waals surface area (Å²) in [6, 6.07) is -0.282. The lowest BCUT2D eigenvalue weighted by atomic mass is 9.95. The number of aliphatic hydroxyl groups excluding tert-OH is 3. The molecule has 0 heterocycles. The van der Waals surface area contributed by atoms with Crippen molar-refractivity contribution in [3.8, 4) is 0 Å². The lowest BCUT2D eigenvalue weighted by Gasteiger charge is -2.24. The Morgan fingerprint density at radius 2 is 1.67 bits per heavy atom. The molecule has 4 N–H and O–H groups in total. The van der Waals surface area contributed by atoms with Crippen LogP contribution in [0.4, 0.5) is 0 Å². The fraction of sp³-hybridized carbons (Fsp3) is 1.00. The highest BCUT2D eigenvalue weighted by Gasteiger charge is 2.17. The van der Waals surface area contributed by atoms with Crippen LogP contribution in [0.2, 0.25) is 0 Å². The summed E-state index contributed by atoms with van der Waals surface area (Å²) >= 11 is 0. The maximum Gasteiger partial charge on any atom is 0.0607 e. The van der Waals surface area contributed by atoms with E-state index in [-0.39, 0.29) is 31.3 Å². The van der Waals surface area contributed by atoms with Gasteiger partial charge in [-0.2, -0.15) is 0 Å². The van der Waals surface area contributed by atoms with E-state index < -0.39 is 0 Å². The minimum Gasteiger partial charge on any atom is -0.396 e. The van der Waals surface area contributed by atoms with E-state index >= 15 is 0 Å². The largest absolute Gasteiger partial charge is 0.396 e. The zero-order chi connectivity index (χ0) is 9.61. The minimum absolute atomic E-state index is 0.0853. The van der Waals surface area contributed by atoms with Crippen molar-refractivity contribution in [2.45, 2.75) is 19.9 Å². The van der Waals surface area contributed by atoms with Crippen molar-refractivity contribution in [2.75, 3.05) is 26.4 Å². The van der Waals surface area contributed by atoms with Gasteiger partial charge in [-0.15, -0.1) is 0 Å². The number of rotatable bonds is 6. The minimum atomic E-state index is -0.282. The number of aliphatic hydroxyl groups is 3. The third kappa shape index (κ3) is 4.66. The number of hydrogen-bond acceptors (Lipinski definition) is 4. The van der Waals surface area contributed by atoms with Gasteiger partial charge in [0, 0.05) is 18.6 Å². The van der Waals surface area contributed by atoms with Crippen LogP contribution in [-0.4, -0.2) is 47.7 Å². The lowest BCUT2D eigenvalue weighted by molar-refractivity contribution is 0.127. The van der Waals surface area contributed by atoms with Crippen molar-refractivity contribution in [2.24, 2.45) is 5.41 Å². The standard InChI is InChI=1S/C8H19NO3/c1-8(2,6-12)5-9-7(3-10)4-11/h7,9-12H,3-6H2,1-2H3. The summed E-state index contributed by atoms with van der Waals surface area (Å²) in [5, 5.41) is 29.3. The highest BCUT2D eigenvalue weighted by atomic mass is 16.3. The van der Waals surface area contributed by atoms with Gasteiger partial charge in [-0.3, -0.25) is 0 Å². The molecule has 0 fully saturated rings. The molecule has 0 saturated carbocycles. The molecule has 0 aromatic heterocycles. The van der Waals surface area contributed by atoms with Gasteiger partial charge in [0.2, 0.25) is 0 Å². The second-order valence-corrected chi connectivity index (χ2v) is 3.77. The Kier molecular flexibility index (Phi) is 5.41. The maximum absolute atomic E-state index is 8.89. The van der Waals surface area contributed by atoms with Crippen molar-refractivity contribution in [1.82, 2.24) is 5.32 Å². The monoisotopic (exact) mass is 177 g/mol. The highest BCUT2D eigenvalue weighted by molar-refractivity contribution is 4.73. The van der Waals surface area contributed by atoms with Gasteiger partial charge in [0.1, 0.15) is 0 Å². The molecule has 0 atom stereocenters. The molecule has 0 aliphatic heterocycles. The average molecular weight is 177 g/mol. The smallest absolute Gasteiger partial charge is 0.0607 e. The van der Waals surface area contributed by atoms with E-state index in [0.29, 0.717) is 6.54 Å². The van der Waals surface area contributed by atoms with Gasteiger partial charge in [0.25, 0.3) is 0 Å². The van der Waals surface area contributed by atoms with Crippen LogP contribution in [0.3, 0.4) is 0 Å². The van der Waals surface area contributed by atoms with Gasteiger partial charge in [0.15, 0.2) is 0 Å². The van der Waals surface area contributed by atoms with Gasteiger partial charge >= 0.3 is 0 Å². The van der Waals surface area contributed by atoms with Gasteiger partial charge in [-0.05, 0) is 0 Å². The Morgan fingerprint density at radius 1 is 1.17 bits per heavy atom. The quantitative estimate of drug-likeness (QED) is 0.417. The van der Waals surface area contributed by atoms with Gasteiger partial charge in [-0.1, -0.05) is 13.8 Å². The Morgan fingerprint density at radius 3 is 2.00 bits per heavy atom. The zero-order valence-electron chi connectivity index (χ0n) is 7.75. The topological polar surface area (TPSA) is 72.7 Å². The lowest BCUT2D eigenvalue weighted by Crippen LogP contribution is -2.42. The Labute approximate surface area is 73.2 Å². The Bertz CT molecular complexity index is 113. The molecule has 0 aromatic rings. The first-order chi connectivity index (χ1) is 5.55. The molecule has 0 saturated heterocycles. The Balaban J connectivity index is 3.65. The molecule has 0 aromatic carbocycles. The van der Waals surface area contributed by atoms with Crippen LogP contribution < -0.4 is 5.32 Å². The summed E-state index contributed by atoms with van der Waals surface area (Å²) in [6.45, 7) is 4.31. The van der Waals surface area contributed by atoms with E-state index in [2.05, 4.69) is 5.32 Å². The van der Waals surface area contributed by atoms with Crippen LogP contribution in [-0.2, 0) is 0 Å². The first-order valence-electron chi connectivity index (χ1n) is 4.11. The predicted octanol–water partition coefficient (Wildman–Crippen LogP) is -1.05. The third-order valence-electron chi connectivity index (χ3n) is 1.74. The molecule has 74 valence electrons. The number of nitrogens with one attached hydrogen (secondary N) is 1. The summed E-state index contributed by atoms with van der Waals surface area (Å²) in [7, 11) is 0. The van der Waals surface area contributed by atoms with Crippen molar-refractivity contribution in [3.05, 3.63) is 0 Å². The number of hydrogen-bond donors (Lipinski definition) is 4. The third-order valence-corrected chi connectivity index (χ3v) is 1.74. The normalized spacial score (nSPS) is 12.5. The van der Waals surface area contributed by atoms with E-state index in [1.807, 2.05) is 13.8 Å². The molecular formula is C8H19NO3. The molecule has 0 radical (unpaired) electrons. The van der Waals surface area contributed by atoms with Crippen molar-refractivity contribution in [1.29, 1.82) is 0 Å². The predicted molar refractivity (Wildman–Crippen MR) is 46.8 cm³/mol. The van der Waals surface area contributed by atoms with Gasteiger partial charge < -0.3 is 20.6 Å². The molecule has 0 bridgehead atoms. The molecule has 0 aliphatic rings. The van der Waals surface area contributed by atoms with E-state index in [1.165, 1.54) is 0 Å². The van der Waals surface area contributed by atoms with Crippen LogP contribution in [0.5, 0.6) is 0 Å². The van der Waals surface area contributed by atoms with Crippen molar-refractivity contribution < 1.29 is 15.3 Å². The van der Waals surface area contributed by atoms with Crippen LogP contribution in [0.25, 0.3) is 0 Å². The average Bonchev–Trinajstić information content (AvgIpc) is 2.06. The van der Waals surface area contributed by atoms with E-state index in [0.717, 1.165) is 0 Å². The van der Waals surface area contributed by atoms with Crippen LogP contribution in [0.1, 0.15) is 13.8 Å². The molecule has 4 heteroatoms. The first kappa shape index (κ1) is 11.8. The van der Waals surface area contributed by atoms with Crippen LogP contribution in [0, 0.1) is 5.41 Å². The first-order valence-corrected chi connectivity index (χ1v) is 4.11. The second kappa shape index (κ2) is 5.48. The molecule has 0 aliphatic carbocycles. The van der Waals surface area contributed by atoms with Crippen molar-refractivity contribution in [3.63, 3.8) is 0 Å². The molecule has 0 spiro atoms. The van der Waals surface area contributed by atoms with Crippen molar-refractivity contribution >= 4 is 0 Å². The zero-order valence-corrected chi connectivity index (χ0v) is 7.75. The summed E-state index contributed by atoms with van der Waals surface area (Å²) in [5.74, 6) is 0. The molecule has 12 heavy (non-hydrogen) atoms. The molecule has 0 rings (SSSR count). The van der Waals surface area contributed by atoms with E-state index in [4.69, 9.17) is 15.3 Å². The highest BCUT2D eigenvalue weighted by Crippen LogP contribution is 2.11. The summed E-state index contributed by atoms with van der Waals surface area (Å²) in [5.41, 5.74) is -0.206. The molecule has 4 nitrogen and oxygen atoms in total. The van der Waals surface area contributed by atoms with Gasteiger partial charge in [0.05, 0.1) is 19.3 Å². The molecule has 0 amide bonds. The fourth-order valence-corrected chi connectivity index (χ4v) is 0.663. The van der Waals surface area contributed by atoms with Gasteiger partial charge in [-0.25, -0.2) is 0 Å². The SMILES string of the molecule is CC(C)(CO)CNC(CO)CO. The molecular weight excluding hydrogens is 158 g/mol. The van der Waals surface area contributed by atoms with Crippen LogP contribution >= 0.6 is 0 Å². The molecule has 0 unspecified atom stereocenters. The summed E-state index contributed by atoms with van der Waals surface area (Å²) in [6.07, 6.45) is 0. The second-order valence-electron chi connectivity index (χ2n) is 3.77. The van der Waals surface area contributed by atoms with E-state index in [9.17, 15) is 0 Å². The fourth-order valence-electron chi connectivity index (χ4n) is 0.663. The Hall–Kier alpha value is -0.160.